The summed E-state index contributed by atoms with van der Waals surface area (Å²) in [5.41, 5.74) is 4.65. The molecule has 29 heavy (non-hydrogen) atoms. The maximum atomic E-state index is 12.5. The van der Waals surface area contributed by atoms with Crippen LogP contribution in [0.15, 0.2) is 54.6 Å². The van der Waals surface area contributed by atoms with Gasteiger partial charge in [0.25, 0.3) is 5.91 Å². The van der Waals surface area contributed by atoms with E-state index in [1.807, 2.05) is 49.4 Å². The Hall–Kier alpha value is -3.25. The van der Waals surface area contributed by atoms with Crippen molar-refractivity contribution < 1.29 is 14.3 Å². The molecule has 1 aromatic heterocycles. The van der Waals surface area contributed by atoms with Gasteiger partial charge in [0.2, 0.25) is 5.91 Å². The number of hydrogen-bond donors (Lipinski definition) is 1. The van der Waals surface area contributed by atoms with E-state index in [0.717, 1.165) is 27.7 Å². The Labute approximate surface area is 169 Å². The number of amides is 2. The highest BCUT2D eigenvalue weighted by Crippen LogP contribution is 2.28. The summed E-state index contributed by atoms with van der Waals surface area (Å²) in [5.74, 6) is -0.197. The fourth-order valence-electron chi connectivity index (χ4n) is 3.50. The van der Waals surface area contributed by atoms with Crippen molar-refractivity contribution in [3.63, 3.8) is 0 Å². The number of morpholine rings is 1. The van der Waals surface area contributed by atoms with Gasteiger partial charge in [-0.15, -0.1) is 0 Å². The van der Waals surface area contributed by atoms with E-state index in [1.165, 1.54) is 0 Å². The zero-order chi connectivity index (χ0) is 20.4. The van der Waals surface area contributed by atoms with Crippen molar-refractivity contribution in [2.24, 2.45) is 0 Å². The molecular formula is C23H23N3O3. The van der Waals surface area contributed by atoms with Gasteiger partial charge in [0.1, 0.15) is 6.61 Å². The van der Waals surface area contributed by atoms with E-state index < -0.39 is 0 Å². The first-order valence-electron chi connectivity index (χ1n) is 9.62. The summed E-state index contributed by atoms with van der Waals surface area (Å²) >= 11 is 0. The van der Waals surface area contributed by atoms with Gasteiger partial charge in [-0.1, -0.05) is 30.3 Å². The van der Waals surface area contributed by atoms with Gasteiger partial charge in [0, 0.05) is 36.8 Å². The first-order chi connectivity index (χ1) is 14.0. The lowest BCUT2D eigenvalue weighted by atomic mass is 9.99. The Morgan fingerprint density at radius 3 is 2.72 bits per heavy atom. The first kappa shape index (κ1) is 19.1. The SMILES string of the molecule is Cc1ccc2c(-c3ccc(C(=O)NCC4CN(C)C(=O)CO4)cc3)cccc2n1. The van der Waals surface area contributed by atoms with Crippen LogP contribution in [0.25, 0.3) is 22.0 Å². The van der Waals surface area contributed by atoms with E-state index in [4.69, 9.17) is 4.74 Å². The fourth-order valence-corrected chi connectivity index (χ4v) is 3.50. The van der Waals surface area contributed by atoms with Gasteiger partial charge in [-0.05, 0) is 42.3 Å². The van der Waals surface area contributed by atoms with Crippen LogP contribution in [0.1, 0.15) is 16.1 Å². The average Bonchev–Trinajstić information content (AvgIpc) is 2.74. The van der Waals surface area contributed by atoms with Crippen LogP contribution >= 0.6 is 0 Å². The Morgan fingerprint density at radius 1 is 1.17 bits per heavy atom. The number of hydrogen-bond acceptors (Lipinski definition) is 4. The summed E-state index contributed by atoms with van der Waals surface area (Å²) < 4.78 is 5.46. The largest absolute Gasteiger partial charge is 0.365 e. The Balaban J connectivity index is 1.45. The number of aryl methyl sites for hydroxylation is 1. The second-order valence-corrected chi connectivity index (χ2v) is 7.32. The van der Waals surface area contributed by atoms with Crippen LogP contribution in [-0.4, -0.2) is 54.5 Å². The molecule has 0 spiro atoms. The molecule has 1 unspecified atom stereocenters. The fraction of sp³-hybridized carbons (Fsp3) is 0.261. The van der Waals surface area contributed by atoms with Crippen LogP contribution in [0.4, 0.5) is 0 Å². The highest BCUT2D eigenvalue weighted by molar-refractivity contribution is 5.97. The van der Waals surface area contributed by atoms with Gasteiger partial charge in [-0.2, -0.15) is 0 Å². The molecular weight excluding hydrogens is 366 g/mol. The molecule has 6 nitrogen and oxygen atoms in total. The molecule has 1 N–H and O–H groups in total. The zero-order valence-corrected chi connectivity index (χ0v) is 16.5. The van der Waals surface area contributed by atoms with Gasteiger partial charge >= 0.3 is 0 Å². The molecule has 0 saturated carbocycles. The number of ether oxygens (including phenoxy) is 1. The molecule has 1 fully saturated rings. The minimum absolute atomic E-state index is 0.0399. The Bertz CT molecular complexity index is 1060. The van der Waals surface area contributed by atoms with Gasteiger partial charge in [0.05, 0.1) is 11.6 Å². The van der Waals surface area contributed by atoms with Crippen molar-refractivity contribution in [2.75, 3.05) is 26.7 Å². The van der Waals surface area contributed by atoms with Gasteiger partial charge in [-0.3, -0.25) is 14.6 Å². The molecule has 1 saturated heterocycles. The third-order valence-corrected chi connectivity index (χ3v) is 5.17. The average molecular weight is 389 g/mol. The molecule has 0 bridgehead atoms. The topological polar surface area (TPSA) is 71.5 Å². The van der Waals surface area contributed by atoms with Crippen LogP contribution in [-0.2, 0) is 9.53 Å². The number of aromatic nitrogens is 1. The molecule has 2 aromatic carbocycles. The second kappa shape index (κ2) is 8.01. The summed E-state index contributed by atoms with van der Waals surface area (Å²) in [7, 11) is 1.74. The maximum absolute atomic E-state index is 12.5. The van der Waals surface area contributed by atoms with Crippen molar-refractivity contribution in [3.05, 3.63) is 65.9 Å². The predicted molar refractivity (Wildman–Crippen MR) is 112 cm³/mol. The zero-order valence-electron chi connectivity index (χ0n) is 16.5. The van der Waals surface area contributed by atoms with Crippen molar-refractivity contribution in [2.45, 2.75) is 13.0 Å². The number of nitrogens with one attached hydrogen (secondary N) is 1. The maximum Gasteiger partial charge on any atom is 0.251 e. The molecule has 4 rings (SSSR count). The molecule has 0 aliphatic carbocycles. The molecule has 0 radical (unpaired) electrons. The first-order valence-corrected chi connectivity index (χ1v) is 9.62. The second-order valence-electron chi connectivity index (χ2n) is 7.32. The van der Waals surface area contributed by atoms with E-state index >= 15 is 0 Å². The molecule has 2 heterocycles. The van der Waals surface area contributed by atoms with E-state index in [-0.39, 0.29) is 24.5 Å². The van der Waals surface area contributed by atoms with E-state index in [2.05, 4.69) is 22.4 Å². The quantitative estimate of drug-likeness (QED) is 0.745. The highest BCUT2D eigenvalue weighted by atomic mass is 16.5. The van der Waals surface area contributed by atoms with Crippen molar-refractivity contribution in [1.82, 2.24) is 15.2 Å². The van der Waals surface area contributed by atoms with Crippen molar-refractivity contribution in [3.8, 4) is 11.1 Å². The number of carbonyl (C=O) groups is 2. The number of carbonyl (C=O) groups excluding carboxylic acids is 2. The molecule has 1 atom stereocenters. The molecule has 2 amide bonds. The lowest BCUT2D eigenvalue weighted by molar-refractivity contribution is -0.146. The van der Waals surface area contributed by atoms with Crippen LogP contribution in [0, 0.1) is 6.92 Å². The lowest BCUT2D eigenvalue weighted by Crippen LogP contribution is -2.48. The van der Waals surface area contributed by atoms with Crippen molar-refractivity contribution >= 4 is 22.7 Å². The third kappa shape index (κ3) is 4.12. The van der Waals surface area contributed by atoms with Gasteiger partial charge in [0.15, 0.2) is 0 Å². The number of nitrogens with zero attached hydrogens (tertiary/aromatic N) is 2. The smallest absolute Gasteiger partial charge is 0.251 e. The van der Waals surface area contributed by atoms with Gasteiger partial charge < -0.3 is 15.0 Å². The Morgan fingerprint density at radius 2 is 1.97 bits per heavy atom. The standard InChI is InChI=1S/C23H23N3O3/c1-15-6-11-20-19(4-3-5-21(20)25-15)16-7-9-17(10-8-16)23(28)24-12-18-13-26(2)22(27)14-29-18/h3-11,18H,12-14H2,1-2H3,(H,24,28). The number of rotatable bonds is 4. The highest BCUT2D eigenvalue weighted by Gasteiger charge is 2.23. The lowest BCUT2D eigenvalue weighted by Gasteiger charge is -2.29. The molecule has 1 aliphatic heterocycles. The summed E-state index contributed by atoms with van der Waals surface area (Å²) in [6, 6.07) is 17.7. The van der Waals surface area contributed by atoms with Crippen LogP contribution in [0.5, 0.6) is 0 Å². The number of benzene rings is 2. The van der Waals surface area contributed by atoms with E-state index in [0.29, 0.717) is 18.7 Å². The van der Waals surface area contributed by atoms with Gasteiger partial charge in [-0.25, -0.2) is 0 Å². The monoisotopic (exact) mass is 389 g/mol. The molecule has 3 aromatic rings. The summed E-state index contributed by atoms with van der Waals surface area (Å²) in [6.07, 6.45) is -0.187. The van der Waals surface area contributed by atoms with E-state index in [9.17, 15) is 9.59 Å². The number of likely N-dealkylation sites (N-methyl/N-ethyl adjacent to an activating group) is 1. The molecule has 6 heteroatoms. The molecule has 148 valence electrons. The normalized spacial score (nSPS) is 16.8. The molecule has 1 aliphatic rings. The third-order valence-electron chi connectivity index (χ3n) is 5.17. The summed E-state index contributed by atoms with van der Waals surface area (Å²) in [6.45, 7) is 2.89. The summed E-state index contributed by atoms with van der Waals surface area (Å²) in [5, 5.41) is 3.97. The minimum atomic E-state index is -0.187. The summed E-state index contributed by atoms with van der Waals surface area (Å²) in [4.78, 5) is 30.1. The van der Waals surface area contributed by atoms with E-state index in [1.54, 1.807) is 11.9 Å². The Kier molecular flexibility index (Phi) is 5.27. The minimum Gasteiger partial charge on any atom is -0.365 e. The number of pyridine rings is 1. The van der Waals surface area contributed by atoms with Crippen LogP contribution in [0.3, 0.4) is 0 Å². The number of fused-ring (bicyclic) bond motifs is 1. The predicted octanol–water partition coefficient (Wildman–Crippen LogP) is 2.80. The van der Waals surface area contributed by atoms with Crippen molar-refractivity contribution in [1.29, 1.82) is 0 Å². The van der Waals surface area contributed by atoms with Crippen LogP contribution < -0.4 is 5.32 Å². The van der Waals surface area contributed by atoms with Crippen LogP contribution in [0.2, 0.25) is 0 Å².